The SMILES string of the molecule is CCCc1nc(CC)c(C(=O)OCC2OC(=O)OC2C)n1Cc1ccc(-c2ccccc2-c2nnnn2C(c2ccccc2)(c2ccccc2)c2ccccc2)cc1. The van der Waals surface area contributed by atoms with Crippen LogP contribution in [0.1, 0.15) is 71.5 Å². The Balaban J connectivity index is 1.16. The number of rotatable bonds is 14. The third-order valence-corrected chi connectivity index (χ3v) is 10.7. The fourth-order valence-electron chi connectivity index (χ4n) is 7.87. The Morgan fingerprint density at radius 1 is 0.759 bits per heavy atom. The highest BCUT2D eigenvalue weighted by Gasteiger charge is 2.42. The molecule has 0 bridgehead atoms. The van der Waals surface area contributed by atoms with Gasteiger partial charge in [0.2, 0.25) is 0 Å². The van der Waals surface area contributed by atoms with E-state index in [1.807, 2.05) is 82.9 Å². The summed E-state index contributed by atoms with van der Waals surface area (Å²) in [7, 11) is 0. The van der Waals surface area contributed by atoms with Gasteiger partial charge < -0.3 is 18.8 Å². The van der Waals surface area contributed by atoms with Gasteiger partial charge in [0, 0.05) is 18.5 Å². The molecule has 2 aromatic heterocycles. The van der Waals surface area contributed by atoms with Crippen LogP contribution in [0, 0.1) is 0 Å². The molecule has 0 radical (unpaired) electrons. The number of ether oxygens (including phenoxy) is 3. The van der Waals surface area contributed by atoms with Crippen molar-refractivity contribution >= 4 is 12.1 Å². The van der Waals surface area contributed by atoms with Crippen molar-refractivity contribution in [1.82, 2.24) is 29.8 Å². The van der Waals surface area contributed by atoms with E-state index in [2.05, 4.69) is 84.9 Å². The summed E-state index contributed by atoms with van der Waals surface area (Å²) in [5.41, 5.74) is 7.04. The Hall–Kier alpha value is -6.88. The molecule has 1 aliphatic rings. The van der Waals surface area contributed by atoms with Crippen molar-refractivity contribution in [3.63, 3.8) is 0 Å². The van der Waals surface area contributed by atoms with Gasteiger partial charge in [-0.2, -0.15) is 0 Å². The van der Waals surface area contributed by atoms with Crippen LogP contribution in [0.2, 0.25) is 0 Å². The molecule has 11 heteroatoms. The third-order valence-electron chi connectivity index (χ3n) is 10.7. The molecule has 3 heterocycles. The van der Waals surface area contributed by atoms with E-state index in [0.29, 0.717) is 36.6 Å². The molecule has 0 spiro atoms. The predicted molar refractivity (Wildman–Crippen MR) is 219 cm³/mol. The molecule has 1 saturated heterocycles. The number of hydrogen-bond acceptors (Lipinski definition) is 9. The fourth-order valence-corrected chi connectivity index (χ4v) is 7.87. The molecule has 1 aliphatic heterocycles. The Morgan fingerprint density at radius 3 is 1.90 bits per heavy atom. The number of aryl methyl sites for hydroxylation is 2. The zero-order valence-electron chi connectivity index (χ0n) is 32.7. The van der Waals surface area contributed by atoms with Gasteiger partial charge in [0.15, 0.2) is 17.6 Å². The van der Waals surface area contributed by atoms with E-state index in [-0.39, 0.29) is 6.61 Å². The average molecular weight is 773 g/mol. The number of carbonyl (C=O) groups is 2. The highest BCUT2D eigenvalue weighted by Crippen LogP contribution is 2.43. The molecule has 1 fully saturated rings. The maximum Gasteiger partial charge on any atom is 0.509 e. The van der Waals surface area contributed by atoms with E-state index in [1.54, 1.807) is 6.92 Å². The van der Waals surface area contributed by atoms with Gasteiger partial charge in [0.05, 0.1) is 5.69 Å². The van der Waals surface area contributed by atoms with Gasteiger partial charge in [-0.15, -0.1) is 5.10 Å². The summed E-state index contributed by atoms with van der Waals surface area (Å²) in [6, 6.07) is 47.6. The van der Waals surface area contributed by atoms with E-state index >= 15 is 0 Å². The molecule has 292 valence electrons. The minimum atomic E-state index is -0.898. The van der Waals surface area contributed by atoms with Gasteiger partial charge in [0.25, 0.3) is 0 Å². The normalized spacial score (nSPS) is 15.2. The minimum Gasteiger partial charge on any atom is -0.457 e. The second kappa shape index (κ2) is 16.7. The number of aromatic nitrogens is 6. The first-order valence-electron chi connectivity index (χ1n) is 19.7. The summed E-state index contributed by atoms with van der Waals surface area (Å²) in [5.74, 6) is 0.917. The maximum absolute atomic E-state index is 13.7. The van der Waals surface area contributed by atoms with E-state index in [4.69, 9.17) is 29.5 Å². The molecule has 58 heavy (non-hydrogen) atoms. The van der Waals surface area contributed by atoms with Crippen molar-refractivity contribution in [1.29, 1.82) is 0 Å². The van der Waals surface area contributed by atoms with Crippen molar-refractivity contribution in [2.45, 2.75) is 64.3 Å². The summed E-state index contributed by atoms with van der Waals surface area (Å²) in [6.07, 6.45) is 0.170. The lowest BCUT2D eigenvalue weighted by Crippen LogP contribution is -2.39. The standard InChI is InChI=1S/C47H44N6O5/c1-4-17-42-48-40(5-2)43(45(54)56-31-41-32(3)57-46(55)58-41)52(42)30-33-26-28-34(29-27-33)38-24-15-16-25-39(38)44-49-50-51-53(44)47(35-18-9-6-10-19-35,36-20-11-7-12-21-36)37-22-13-8-14-23-37/h6-16,18-29,32,41H,4-5,17,30-31H2,1-3H3. The fraction of sp³-hybridized carbons (Fsp3) is 0.234. The van der Waals surface area contributed by atoms with Crippen molar-refractivity contribution in [2.75, 3.05) is 6.61 Å². The number of cyclic esters (lactones) is 2. The quantitative estimate of drug-likeness (QED) is 0.0789. The predicted octanol–water partition coefficient (Wildman–Crippen LogP) is 8.69. The molecule has 0 saturated carbocycles. The molecule has 8 rings (SSSR count). The molecule has 7 aromatic rings. The monoisotopic (exact) mass is 772 g/mol. The van der Waals surface area contributed by atoms with E-state index in [1.165, 1.54) is 0 Å². The van der Waals surface area contributed by atoms with Crippen LogP contribution in [0.5, 0.6) is 0 Å². The van der Waals surface area contributed by atoms with Gasteiger partial charge in [-0.25, -0.2) is 19.3 Å². The number of nitrogens with zero attached hydrogens (tertiary/aromatic N) is 6. The van der Waals surface area contributed by atoms with Gasteiger partial charge >= 0.3 is 12.1 Å². The molecular formula is C47H44N6O5. The highest BCUT2D eigenvalue weighted by molar-refractivity contribution is 5.89. The molecule has 11 nitrogen and oxygen atoms in total. The Kier molecular flexibility index (Phi) is 10.9. The van der Waals surface area contributed by atoms with Crippen LogP contribution < -0.4 is 0 Å². The third kappa shape index (κ3) is 7.15. The first-order valence-corrected chi connectivity index (χ1v) is 19.7. The summed E-state index contributed by atoms with van der Waals surface area (Å²) in [6.45, 7) is 6.08. The smallest absolute Gasteiger partial charge is 0.457 e. The Labute approximate surface area is 337 Å². The molecule has 0 aliphatic carbocycles. The summed E-state index contributed by atoms with van der Waals surface area (Å²) in [5, 5.41) is 13.8. The largest absolute Gasteiger partial charge is 0.509 e. The zero-order valence-corrected chi connectivity index (χ0v) is 32.7. The molecule has 2 unspecified atom stereocenters. The van der Waals surface area contributed by atoms with Crippen molar-refractivity contribution < 1.29 is 23.8 Å². The number of benzene rings is 5. The van der Waals surface area contributed by atoms with Crippen molar-refractivity contribution in [2.24, 2.45) is 0 Å². The number of tetrazole rings is 1. The van der Waals surface area contributed by atoms with E-state index in [0.717, 1.165) is 51.2 Å². The van der Waals surface area contributed by atoms with Gasteiger partial charge in [0.1, 0.15) is 24.1 Å². The topological polar surface area (TPSA) is 123 Å². The molecule has 0 amide bonds. The van der Waals surface area contributed by atoms with Crippen LogP contribution in [-0.2, 0) is 39.1 Å². The van der Waals surface area contributed by atoms with Crippen molar-refractivity contribution in [3.8, 4) is 22.5 Å². The molecular weight excluding hydrogens is 729 g/mol. The lowest BCUT2D eigenvalue weighted by molar-refractivity contribution is 0.0237. The number of hydrogen-bond donors (Lipinski definition) is 0. The van der Waals surface area contributed by atoms with Crippen LogP contribution >= 0.6 is 0 Å². The summed E-state index contributed by atoms with van der Waals surface area (Å²) >= 11 is 0. The second-order valence-corrected chi connectivity index (χ2v) is 14.3. The number of esters is 1. The summed E-state index contributed by atoms with van der Waals surface area (Å²) < 4.78 is 19.9. The maximum atomic E-state index is 13.7. The number of carbonyl (C=O) groups excluding carboxylic acids is 2. The average Bonchev–Trinajstić information content (AvgIpc) is 3.98. The van der Waals surface area contributed by atoms with Crippen molar-refractivity contribution in [3.05, 3.63) is 179 Å². The van der Waals surface area contributed by atoms with Gasteiger partial charge in [-0.1, -0.05) is 153 Å². The molecule has 2 atom stereocenters. The van der Waals surface area contributed by atoms with E-state index in [9.17, 15) is 9.59 Å². The lowest BCUT2D eigenvalue weighted by Gasteiger charge is -2.36. The first-order chi connectivity index (χ1) is 28.4. The highest BCUT2D eigenvalue weighted by atomic mass is 16.8. The van der Waals surface area contributed by atoms with Crippen LogP contribution in [0.15, 0.2) is 140 Å². The number of imidazole rings is 1. The lowest BCUT2D eigenvalue weighted by atomic mass is 9.77. The zero-order chi connectivity index (χ0) is 40.1. The van der Waals surface area contributed by atoms with Crippen LogP contribution in [0.4, 0.5) is 4.79 Å². The minimum absolute atomic E-state index is 0.107. The van der Waals surface area contributed by atoms with Gasteiger partial charge in [-0.05, 0) is 63.6 Å². The molecule has 5 aromatic carbocycles. The van der Waals surface area contributed by atoms with Gasteiger partial charge in [-0.3, -0.25) is 0 Å². The van der Waals surface area contributed by atoms with Crippen LogP contribution in [0.3, 0.4) is 0 Å². The summed E-state index contributed by atoms with van der Waals surface area (Å²) in [4.78, 5) is 30.2. The molecule has 0 N–H and O–H groups in total. The van der Waals surface area contributed by atoms with Crippen LogP contribution in [-0.4, -0.2) is 60.7 Å². The van der Waals surface area contributed by atoms with Crippen LogP contribution in [0.25, 0.3) is 22.5 Å². The Bertz CT molecular complexity index is 2400. The Morgan fingerprint density at radius 2 is 1.34 bits per heavy atom. The second-order valence-electron chi connectivity index (χ2n) is 14.3. The van der Waals surface area contributed by atoms with E-state index < -0.39 is 29.9 Å². The first kappa shape index (κ1) is 38.0.